The second-order valence-electron chi connectivity index (χ2n) is 2.79. The fourth-order valence-corrected chi connectivity index (χ4v) is 1.27. The monoisotopic (exact) mass is 141 g/mol. The van der Waals surface area contributed by atoms with Gasteiger partial charge in [-0.05, 0) is 25.7 Å². The molecule has 0 aromatic carbocycles. The second kappa shape index (κ2) is 2.90. The second-order valence-corrected chi connectivity index (χ2v) is 2.79. The third-order valence-corrected chi connectivity index (χ3v) is 1.83. The number of rotatable bonds is 0. The first-order valence-electron chi connectivity index (χ1n) is 3.57. The fraction of sp³-hybridized carbons (Fsp3) is 0.714. The topological polar surface area (TPSA) is 46.3 Å². The molecule has 1 heterocycles. The van der Waals surface area contributed by atoms with Crippen molar-refractivity contribution in [2.45, 2.75) is 12.8 Å². The van der Waals surface area contributed by atoms with Crippen molar-refractivity contribution in [1.29, 1.82) is 0 Å². The maximum atomic E-state index is 10.6. The summed E-state index contributed by atoms with van der Waals surface area (Å²) in [5.74, 6) is 0.376. The largest absolute Gasteiger partial charge is 0.351 e. The Kier molecular flexibility index (Phi) is 2.14. The van der Waals surface area contributed by atoms with E-state index in [0.717, 1.165) is 25.9 Å². The molecule has 1 saturated heterocycles. The van der Waals surface area contributed by atoms with Gasteiger partial charge < -0.3 is 10.6 Å². The van der Waals surface area contributed by atoms with E-state index in [2.05, 4.69) is 6.92 Å². The molecular formula is C7H13N2O. The molecule has 1 radical (unpaired) electrons. The van der Waals surface area contributed by atoms with Gasteiger partial charge in [0, 0.05) is 13.1 Å². The summed E-state index contributed by atoms with van der Waals surface area (Å²) in [7, 11) is 0. The molecule has 2 amide bonds. The number of carbonyl (C=O) groups excluding carboxylic acids is 1. The van der Waals surface area contributed by atoms with Crippen LogP contribution in [-0.2, 0) is 0 Å². The van der Waals surface area contributed by atoms with Crippen LogP contribution in [-0.4, -0.2) is 24.0 Å². The van der Waals surface area contributed by atoms with Gasteiger partial charge in [-0.15, -0.1) is 0 Å². The van der Waals surface area contributed by atoms with Gasteiger partial charge in [0.05, 0.1) is 0 Å². The molecule has 1 unspecified atom stereocenters. The number of hydrogen-bond donors (Lipinski definition) is 1. The maximum Gasteiger partial charge on any atom is 0.314 e. The van der Waals surface area contributed by atoms with E-state index in [9.17, 15) is 4.79 Å². The summed E-state index contributed by atoms with van der Waals surface area (Å²) in [5.41, 5.74) is 5.09. The SMILES string of the molecule is [CH2]C1CCCN(C(N)=O)C1. The Morgan fingerprint density at radius 2 is 2.40 bits per heavy atom. The third-order valence-electron chi connectivity index (χ3n) is 1.83. The lowest BCUT2D eigenvalue weighted by Gasteiger charge is -2.29. The van der Waals surface area contributed by atoms with Crippen LogP contribution in [0, 0.1) is 12.8 Å². The van der Waals surface area contributed by atoms with Crippen molar-refractivity contribution < 1.29 is 4.79 Å². The van der Waals surface area contributed by atoms with Gasteiger partial charge in [-0.25, -0.2) is 4.79 Å². The summed E-state index contributed by atoms with van der Waals surface area (Å²) in [4.78, 5) is 12.3. The quantitative estimate of drug-likeness (QED) is 0.528. The Bertz CT molecular complexity index is 136. The zero-order valence-electron chi connectivity index (χ0n) is 6.05. The number of nitrogens with zero attached hydrogens (tertiary/aromatic N) is 1. The molecule has 57 valence electrons. The van der Waals surface area contributed by atoms with Crippen molar-refractivity contribution in [2.24, 2.45) is 11.7 Å². The van der Waals surface area contributed by atoms with E-state index < -0.39 is 0 Å². The summed E-state index contributed by atoms with van der Waals surface area (Å²) >= 11 is 0. The van der Waals surface area contributed by atoms with Crippen LogP contribution < -0.4 is 5.73 Å². The van der Waals surface area contributed by atoms with Crippen molar-refractivity contribution in [3.05, 3.63) is 6.92 Å². The first-order chi connectivity index (χ1) is 4.70. The van der Waals surface area contributed by atoms with Crippen LogP contribution in [0.1, 0.15) is 12.8 Å². The number of piperidine rings is 1. The van der Waals surface area contributed by atoms with Crippen LogP contribution in [0.25, 0.3) is 0 Å². The van der Waals surface area contributed by atoms with Crippen LogP contribution in [0.5, 0.6) is 0 Å². The van der Waals surface area contributed by atoms with E-state index in [0.29, 0.717) is 5.92 Å². The van der Waals surface area contributed by atoms with Crippen LogP contribution >= 0.6 is 0 Å². The van der Waals surface area contributed by atoms with Crippen LogP contribution in [0.3, 0.4) is 0 Å². The molecule has 0 saturated carbocycles. The smallest absolute Gasteiger partial charge is 0.314 e. The van der Waals surface area contributed by atoms with Crippen molar-refractivity contribution >= 4 is 6.03 Å². The average molecular weight is 141 g/mol. The lowest BCUT2D eigenvalue weighted by Crippen LogP contribution is -2.42. The van der Waals surface area contributed by atoms with E-state index in [1.54, 1.807) is 4.90 Å². The van der Waals surface area contributed by atoms with Crippen LogP contribution in [0.4, 0.5) is 4.79 Å². The Balaban J connectivity index is 2.39. The Labute approximate surface area is 61.2 Å². The summed E-state index contributed by atoms with van der Waals surface area (Å²) < 4.78 is 0. The van der Waals surface area contributed by atoms with Crippen molar-refractivity contribution in [3.63, 3.8) is 0 Å². The number of urea groups is 1. The molecule has 1 aliphatic heterocycles. The number of likely N-dealkylation sites (tertiary alicyclic amines) is 1. The van der Waals surface area contributed by atoms with Crippen molar-refractivity contribution in [2.75, 3.05) is 13.1 Å². The molecule has 2 N–H and O–H groups in total. The van der Waals surface area contributed by atoms with Crippen LogP contribution in [0.2, 0.25) is 0 Å². The van der Waals surface area contributed by atoms with E-state index in [1.165, 1.54) is 0 Å². The highest BCUT2D eigenvalue weighted by Gasteiger charge is 2.17. The molecule has 0 bridgehead atoms. The highest BCUT2D eigenvalue weighted by Crippen LogP contribution is 2.13. The molecule has 0 aromatic heterocycles. The zero-order valence-corrected chi connectivity index (χ0v) is 6.05. The molecule has 3 nitrogen and oxygen atoms in total. The van der Waals surface area contributed by atoms with Gasteiger partial charge >= 0.3 is 6.03 Å². The van der Waals surface area contributed by atoms with Gasteiger partial charge in [0.25, 0.3) is 0 Å². The van der Waals surface area contributed by atoms with Gasteiger partial charge in [0.2, 0.25) is 0 Å². The predicted octanol–water partition coefficient (Wildman–Crippen LogP) is 0.611. The molecule has 0 aliphatic carbocycles. The third kappa shape index (κ3) is 1.62. The highest BCUT2D eigenvalue weighted by atomic mass is 16.2. The van der Waals surface area contributed by atoms with Gasteiger partial charge in [-0.1, -0.05) is 0 Å². The molecular weight excluding hydrogens is 128 g/mol. The predicted molar refractivity (Wildman–Crippen MR) is 39.2 cm³/mol. The van der Waals surface area contributed by atoms with E-state index in [1.807, 2.05) is 0 Å². The zero-order chi connectivity index (χ0) is 7.56. The molecule has 0 spiro atoms. The normalized spacial score (nSPS) is 26.5. The molecule has 1 atom stereocenters. The maximum absolute atomic E-state index is 10.6. The highest BCUT2D eigenvalue weighted by molar-refractivity contribution is 5.72. The lowest BCUT2D eigenvalue weighted by atomic mass is 10.0. The Morgan fingerprint density at radius 1 is 1.70 bits per heavy atom. The number of hydrogen-bond acceptors (Lipinski definition) is 1. The number of nitrogens with two attached hydrogens (primary N) is 1. The molecule has 3 heteroatoms. The number of primary amides is 1. The van der Waals surface area contributed by atoms with Gasteiger partial charge in [-0.2, -0.15) is 0 Å². The molecule has 10 heavy (non-hydrogen) atoms. The molecule has 0 aromatic rings. The van der Waals surface area contributed by atoms with Crippen LogP contribution in [0.15, 0.2) is 0 Å². The summed E-state index contributed by atoms with van der Waals surface area (Å²) in [6, 6.07) is -0.312. The van der Waals surface area contributed by atoms with E-state index in [4.69, 9.17) is 5.73 Å². The first kappa shape index (κ1) is 7.38. The summed E-state index contributed by atoms with van der Waals surface area (Å²) in [6.45, 7) is 5.42. The fourth-order valence-electron chi connectivity index (χ4n) is 1.27. The van der Waals surface area contributed by atoms with E-state index >= 15 is 0 Å². The number of amides is 2. The molecule has 1 aliphatic rings. The minimum atomic E-state index is -0.312. The van der Waals surface area contributed by atoms with E-state index in [-0.39, 0.29) is 6.03 Å². The number of carbonyl (C=O) groups is 1. The standard InChI is InChI=1S/C7H13N2O/c1-6-3-2-4-9(5-6)7(8)10/h6H,1-5H2,(H2,8,10). The van der Waals surface area contributed by atoms with Gasteiger partial charge in [-0.3, -0.25) is 0 Å². The molecule has 1 fully saturated rings. The Hall–Kier alpha value is -0.730. The van der Waals surface area contributed by atoms with Gasteiger partial charge in [0.1, 0.15) is 0 Å². The summed E-state index contributed by atoms with van der Waals surface area (Å²) in [6.07, 6.45) is 2.15. The average Bonchev–Trinajstić information content (AvgIpc) is 1.88. The van der Waals surface area contributed by atoms with Crippen molar-refractivity contribution in [3.8, 4) is 0 Å². The van der Waals surface area contributed by atoms with Gasteiger partial charge in [0.15, 0.2) is 0 Å². The molecule has 1 rings (SSSR count). The summed E-state index contributed by atoms with van der Waals surface area (Å²) in [5, 5.41) is 0. The minimum absolute atomic E-state index is 0.312. The first-order valence-corrected chi connectivity index (χ1v) is 3.57. The minimum Gasteiger partial charge on any atom is -0.351 e. The Morgan fingerprint density at radius 3 is 2.80 bits per heavy atom. The lowest BCUT2D eigenvalue weighted by molar-refractivity contribution is 0.184. The van der Waals surface area contributed by atoms with Crippen molar-refractivity contribution in [1.82, 2.24) is 4.90 Å².